The average molecular weight is 557 g/mol. The first-order chi connectivity index (χ1) is 18.7. The van der Waals surface area contributed by atoms with E-state index < -0.39 is 10.0 Å². The molecule has 39 heavy (non-hydrogen) atoms. The van der Waals surface area contributed by atoms with Gasteiger partial charge >= 0.3 is 0 Å². The number of anilines is 1. The normalized spacial score (nSPS) is 21.4. The summed E-state index contributed by atoms with van der Waals surface area (Å²) in [5.74, 6) is 1.57. The van der Waals surface area contributed by atoms with Crippen LogP contribution in [-0.2, 0) is 16.4 Å². The number of sulfonamides is 1. The van der Waals surface area contributed by atoms with Crippen LogP contribution < -0.4 is 10.1 Å². The SMILES string of the molecule is Cc1c(NCC2CCc3ccccc3O2)ncnc1C(=O)N1CCC(N2CCC(N(C)S(C)(=O)=O)CC2)CC1. The van der Waals surface area contributed by atoms with Gasteiger partial charge in [-0.15, -0.1) is 0 Å². The minimum Gasteiger partial charge on any atom is -0.488 e. The fourth-order valence-electron chi connectivity index (χ4n) is 6.05. The van der Waals surface area contributed by atoms with Crippen LogP contribution >= 0.6 is 0 Å². The zero-order valence-corrected chi connectivity index (χ0v) is 24.0. The fourth-order valence-corrected chi connectivity index (χ4v) is 6.80. The van der Waals surface area contributed by atoms with Crippen molar-refractivity contribution in [3.63, 3.8) is 0 Å². The molecule has 212 valence electrons. The van der Waals surface area contributed by atoms with E-state index in [1.807, 2.05) is 30.0 Å². The van der Waals surface area contributed by atoms with Gasteiger partial charge in [-0.05, 0) is 70.2 Å². The summed E-state index contributed by atoms with van der Waals surface area (Å²) in [6, 6.07) is 8.64. The molecule has 1 aromatic heterocycles. The van der Waals surface area contributed by atoms with Gasteiger partial charge in [-0.2, -0.15) is 0 Å². The van der Waals surface area contributed by atoms with E-state index in [2.05, 4.69) is 26.3 Å². The van der Waals surface area contributed by atoms with Crippen molar-refractivity contribution in [2.24, 2.45) is 0 Å². The molecule has 2 fully saturated rings. The molecule has 0 radical (unpaired) electrons. The Balaban J connectivity index is 1.12. The number of nitrogens with one attached hydrogen (secondary N) is 1. The van der Waals surface area contributed by atoms with E-state index in [1.54, 1.807) is 7.05 Å². The number of para-hydroxylation sites is 1. The molecule has 0 saturated carbocycles. The summed E-state index contributed by atoms with van der Waals surface area (Å²) in [4.78, 5) is 26.6. The van der Waals surface area contributed by atoms with Crippen molar-refractivity contribution < 1.29 is 17.9 Å². The summed E-state index contributed by atoms with van der Waals surface area (Å²) in [5.41, 5.74) is 2.45. The average Bonchev–Trinajstić information content (AvgIpc) is 2.95. The lowest BCUT2D eigenvalue weighted by Crippen LogP contribution is -2.52. The fraction of sp³-hybridized carbons (Fsp3) is 0.607. The van der Waals surface area contributed by atoms with Crippen LogP contribution in [0, 0.1) is 6.92 Å². The Morgan fingerprint density at radius 1 is 1.08 bits per heavy atom. The minimum absolute atomic E-state index is 0.0456. The third-order valence-electron chi connectivity index (χ3n) is 8.59. The molecule has 3 aliphatic rings. The molecule has 0 spiro atoms. The predicted octanol–water partition coefficient (Wildman–Crippen LogP) is 2.55. The maximum atomic E-state index is 13.4. The van der Waals surface area contributed by atoms with Gasteiger partial charge in [-0.3, -0.25) is 4.79 Å². The molecular weight excluding hydrogens is 516 g/mol. The van der Waals surface area contributed by atoms with E-state index in [4.69, 9.17) is 4.74 Å². The highest BCUT2D eigenvalue weighted by Crippen LogP contribution is 2.28. The van der Waals surface area contributed by atoms with Crippen LogP contribution in [0.2, 0.25) is 0 Å². The number of ether oxygens (including phenoxy) is 1. The van der Waals surface area contributed by atoms with Gasteiger partial charge in [0.2, 0.25) is 10.0 Å². The van der Waals surface area contributed by atoms with E-state index in [0.29, 0.717) is 37.2 Å². The van der Waals surface area contributed by atoms with Gasteiger partial charge in [0.05, 0.1) is 12.8 Å². The number of nitrogens with zero attached hydrogens (tertiary/aromatic N) is 5. The Labute approximate surface area is 231 Å². The van der Waals surface area contributed by atoms with Crippen molar-refractivity contribution >= 4 is 21.7 Å². The number of benzene rings is 1. The molecular formula is C28H40N6O4S. The zero-order valence-electron chi connectivity index (χ0n) is 23.2. The summed E-state index contributed by atoms with van der Waals surface area (Å²) in [6.07, 6.45) is 8.21. The van der Waals surface area contributed by atoms with Crippen molar-refractivity contribution in [1.29, 1.82) is 0 Å². The van der Waals surface area contributed by atoms with Crippen molar-refractivity contribution in [2.75, 3.05) is 51.3 Å². The lowest BCUT2D eigenvalue weighted by atomic mass is 9.97. The number of fused-ring (bicyclic) bond motifs is 1. The lowest BCUT2D eigenvalue weighted by Gasteiger charge is -2.43. The maximum absolute atomic E-state index is 13.4. The summed E-state index contributed by atoms with van der Waals surface area (Å²) < 4.78 is 31.4. The van der Waals surface area contributed by atoms with E-state index in [9.17, 15) is 13.2 Å². The number of amides is 1. The molecule has 0 bridgehead atoms. The van der Waals surface area contributed by atoms with E-state index in [-0.39, 0.29) is 18.1 Å². The quantitative estimate of drug-likeness (QED) is 0.555. The zero-order chi connectivity index (χ0) is 27.6. The van der Waals surface area contributed by atoms with Crippen LogP contribution in [0.1, 0.15) is 53.7 Å². The third kappa shape index (κ3) is 6.36. The lowest BCUT2D eigenvalue weighted by molar-refractivity contribution is 0.0542. The molecule has 1 amide bonds. The summed E-state index contributed by atoms with van der Waals surface area (Å²) in [6.45, 7) is 5.67. The second-order valence-electron chi connectivity index (χ2n) is 11.0. The van der Waals surface area contributed by atoms with Gasteiger partial charge in [0.1, 0.15) is 29.7 Å². The number of rotatable bonds is 7. The Bertz CT molecular complexity index is 1270. The summed E-state index contributed by atoms with van der Waals surface area (Å²) >= 11 is 0. The third-order valence-corrected chi connectivity index (χ3v) is 9.93. The number of likely N-dealkylation sites (tertiary alicyclic amines) is 2. The van der Waals surface area contributed by atoms with E-state index in [0.717, 1.165) is 62.9 Å². The van der Waals surface area contributed by atoms with E-state index >= 15 is 0 Å². The van der Waals surface area contributed by atoms with Crippen LogP contribution in [0.4, 0.5) is 5.82 Å². The van der Waals surface area contributed by atoms with Crippen LogP contribution in [0.3, 0.4) is 0 Å². The second-order valence-corrected chi connectivity index (χ2v) is 13.1. The van der Waals surface area contributed by atoms with Gasteiger partial charge < -0.3 is 19.9 Å². The number of piperidine rings is 2. The van der Waals surface area contributed by atoms with Crippen LogP contribution in [0.5, 0.6) is 5.75 Å². The molecule has 5 rings (SSSR count). The van der Waals surface area contributed by atoms with Crippen molar-refractivity contribution in [3.05, 3.63) is 47.4 Å². The molecule has 0 aliphatic carbocycles. The van der Waals surface area contributed by atoms with Crippen molar-refractivity contribution in [3.8, 4) is 5.75 Å². The highest BCUT2D eigenvalue weighted by molar-refractivity contribution is 7.88. The van der Waals surface area contributed by atoms with Gasteiger partial charge in [-0.25, -0.2) is 22.7 Å². The Kier molecular flexibility index (Phi) is 8.39. The standard InChI is InChI=1S/C28H40N6O4S/c1-20-26(30-19-31-27(20)29-18-24-9-8-21-6-4-5-7-25(21)38-24)28(35)34-16-12-23(13-17-34)33-14-10-22(11-15-33)32(2)39(3,36)37/h4-7,19,22-24H,8-18H2,1-3H3,(H,29,30,31). The molecule has 1 aromatic carbocycles. The van der Waals surface area contributed by atoms with E-state index in [1.165, 1.54) is 22.5 Å². The van der Waals surface area contributed by atoms with Gasteiger partial charge in [-0.1, -0.05) is 18.2 Å². The predicted molar refractivity (Wildman–Crippen MR) is 151 cm³/mol. The molecule has 1 N–H and O–H groups in total. The highest BCUT2D eigenvalue weighted by Gasteiger charge is 2.33. The number of aryl methyl sites for hydroxylation is 1. The number of hydrogen-bond donors (Lipinski definition) is 1. The first-order valence-corrected chi connectivity index (χ1v) is 15.8. The van der Waals surface area contributed by atoms with Gasteiger partial charge in [0, 0.05) is 37.8 Å². The number of aromatic nitrogens is 2. The summed E-state index contributed by atoms with van der Waals surface area (Å²) in [7, 11) is -1.49. The van der Waals surface area contributed by atoms with Crippen LogP contribution in [0.15, 0.2) is 30.6 Å². The molecule has 11 heteroatoms. The Morgan fingerprint density at radius 3 is 2.51 bits per heavy atom. The topological polar surface area (TPSA) is 108 Å². The minimum atomic E-state index is -3.17. The number of carbonyl (C=O) groups excluding carboxylic acids is 1. The molecule has 1 unspecified atom stereocenters. The monoisotopic (exact) mass is 556 g/mol. The Hall–Kier alpha value is -2.76. The maximum Gasteiger partial charge on any atom is 0.272 e. The largest absolute Gasteiger partial charge is 0.488 e. The summed E-state index contributed by atoms with van der Waals surface area (Å²) in [5, 5.41) is 3.39. The number of hydrogen-bond acceptors (Lipinski definition) is 8. The van der Waals surface area contributed by atoms with Crippen molar-refractivity contribution in [1.82, 2.24) is 24.1 Å². The molecule has 4 heterocycles. The molecule has 10 nitrogen and oxygen atoms in total. The highest BCUT2D eigenvalue weighted by atomic mass is 32.2. The molecule has 1 atom stereocenters. The molecule has 2 saturated heterocycles. The molecule has 3 aliphatic heterocycles. The number of carbonyl (C=O) groups is 1. The Morgan fingerprint density at radius 2 is 1.79 bits per heavy atom. The molecule has 2 aromatic rings. The first-order valence-electron chi connectivity index (χ1n) is 14.0. The van der Waals surface area contributed by atoms with Crippen molar-refractivity contribution in [2.45, 2.75) is 63.6 Å². The van der Waals surface area contributed by atoms with Crippen LogP contribution in [0.25, 0.3) is 0 Å². The van der Waals surface area contributed by atoms with Gasteiger partial charge in [0.15, 0.2) is 0 Å². The van der Waals surface area contributed by atoms with Gasteiger partial charge in [0.25, 0.3) is 5.91 Å². The smallest absolute Gasteiger partial charge is 0.272 e. The first kappa shape index (κ1) is 27.8. The second kappa shape index (κ2) is 11.8. The van der Waals surface area contributed by atoms with Crippen LogP contribution in [-0.4, -0.2) is 103 Å².